The third kappa shape index (κ3) is 5.10. The molecule has 2 fully saturated rings. The van der Waals surface area contributed by atoms with Gasteiger partial charge in [-0.25, -0.2) is 16.8 Å². The van der Waals surface area contributed by atoms with Gasteiger partial charge in [0.25, 0.3) is 0 Å². The van der Waals surface area contributed by atoms with Gasteiger partial charge in [-0.1, -0.05) is 12.5 Å². The molecular weight excluding hydrogens is 414 g/mol. The second-order valence-corrected chi connectivity index (χ2v) is 12.0. The second kappa shape index (κ2) is 8.61. The molecule has 3 rings (SSSR count). The maximum absolute atomic E-state index is 13.0. The van der Waals surface area contributed by atoms with Crippen LogP contribution in [0.15, 0.2) is 23.1 Å². The summed E-state index contributed by atoms with van der Waals surface area (Å²) in [7, 11) is -5.02. The number of benzene rings is 1. The lowest BCUT2D eigenvalue weighted by Gasteiger charge is -2.27. The molecular formula is C19H29N3O5S2. The van der Waals surface area contributed by atoms with Gasteiger partial charge in [0, 0.05) is 31.9 Å². The maximum Gasteiger partial charge on any atom is 0.243 e. The highest BCUT2D eigenvalue weighted by molar-refractivity contribution is 7.91. The molecule has 8 nitrogen and oxygen atoms in total. The van der Waals surface area contributed by atoms with Crippen LogP contribution >= 0.6 is 0 Å². The first-order valence-corrected chi connectivity index (χ1v) is 13.2. The zero-order chi connectivity index (χ0) is 21.2. The first-order chi connectivity index (χ1) is 13.6. The Bertz CT molecular complexity index is 970. The standard InChI is InChI=1S/C19H29N3O5S2/c1-15-6-7-16(12-18(15)29(26,27)22-9-4-3-5-10-22)20-13-19(23)21(2)17-8-11-28(24,25)14-17/h6-7,12,17,20H,3-5,8-11,13-14H2,1-2H3. The van der Waals surface area contributed by atoms with Crippen molar-refractivity contribution >= 4 is 31.5 Å². The van der Waals surface area contributed by atoms with E-state index in [1.807, 2.05) is 0 Å². The number of aryl methyl sites for hydroxylation is 1. The van der Waals surface area contributed by atoms with Crippen LogP contribution in [-0.2, 0) is 24.7 Å². The van der Waals surface area contributed by atoms with E-state index in [1.54, 1.807) is 32.2 Å². The molecule has 1 unspecified atom stereocenters. The molecule has 1 amide bonds. The van der Waals surface area contributed by atoms with E-state index in [4.69, 9.17) is 0 Å². The third-order valence-corrected chi connectivity index (χ3v) is 9.51. The van der Waals surface area contributed by atoms with Crippen LogP contribution in [0.5, 0.6) is 0 Å². The number of carbonyl (C=O) groups excluding carboxylic acids is 1. The smallest absolute Gasteiger partial charge is 0.243 e. The lowest BCUT2D eigenvalue weighted by molar-refractivity contribution is -0.129. The zero-order valence-electron chi connectivity index (χ0n) is 16.9. The molecule has 162 valence electrons. The number of sulfone groups is 1. The number of hydrogen-bond acceptors (Lipinski definition) is 6. The average Bonchev–Trinajstić information content (AvgIpc) is 3.06. The van der Waals surface area contributed by atoms with Crippen LogP contribution in [0, 0.1) is 6.92 Å². The van der Waals surface area contributed by atoms with E-state index in [9.17, 15) is 21.6 Å². The van der Waals surface area contributed by atoms with E-state index in [0.29, 0.717) is 30.8 Å². The molecule has 1 aromatic rings. The van der Waals surface area contributed by atoms with Gasteiger partial charge in [-0.05, 0) is 43.9 Å². The summed E-state index contributed by atoms with van der Waals surface area (Å²) in [4.78, 5) is 14.2. The van der Waals surface area contributed by atoms with Crippen LogP contribution < -0.4 is 5.32 Å². The molecule has 29 heavy (non-hydrogen) atoms. The van der Waals surface area contributed by atoms with Crippen molar-refractivity contribution in [2.45, 2.75) is 43.5 Å². The number of amides is 1. The maximum atomic E-state index is 13.0. The highest BCUT2D eigenvalue weighted by atomic mass is 32.2. The largest absolute Gasteiger partial charge is 0.376 e. The number of nitrogens with zero attached hydrogens (tertiary/aromatic N) is 2. The average molecular weight is 444 g/mol. The van der Waals surface area contributed by atoms with E-state index in [1.165, 1.54) is 9.21 Å². The van der Waals surface area contributed by atoms with E-state index in [2.05, 4.69) is 5.32 Å². The van der Waals surface area contributed by atoms with Crippen molar-refractivity contribution < 1.29 is 21.6 Å². The molecule has 0 radical (unpaired) electrons. The fourth-order valence-electron chi connectivity index (χ4n) is 3.82. The summed E-state index contributed by atoms with van der Waals surface area (Å²) >= 11 is 0. The summed E-state index contributed by atoms with van der Waals surface area (Å²) in [5.74, 6) is -0.121. The number of rotatable bonds is 6. The molecule has 2 saturated heterocycles. The third-order valence-electron chi connectivity index (χ3n) is 5.71. The molecule has 0 aromatic heterocycles. The number of piperidine rings is 1. The molecule has 10 heteroatoms. The van der Waals surface area contributed by atoms with Crippen molar-refractivity contribution in [2.75, 3.05) is 43.5 Å². The Morgan fingerprint density at radius 2 is 1.93 bits per heavy atom. The number of carbonyl (C=O) groups is 1. The van der Waals surface area contributed by atoms with Crippen molar-refractivity contribution in [3.63, 3.8) is 0 Å². The van der Waals surface area contributed by atoms with Crippen molar-refractivity contribution in [2.24, 2.45) is 0 Å². The van der Waals surface area contributed by atoms with E-state index in [-0.39, 0.29) is 34.9 Å². The van der Waals surface area contributed by atoms with Gasteiger partial charge in [0.05, 0.1) is 22.9 Å². The van der Waals surface area contributed by atoms with Crippen molar-refractivity contribution in [3.8, 4) is 0 Å². The summed E-state index contributed by atoms with van der Waals surface area (Å²) in [6, 6.07) is 4.75. The summed E-state index contributed by atoms with van der Waals surface area (Å²) in [6.07, 6.45) is 3.24. The van der Waals surface area contributed by atoms with Crippen LogP contribution in [-0.4, -0.2) is 76.2 Å². The van der Waals surface area contributed by atoms with Crippen molar-refractivity contribution in [1.29, 1.82) is 0 Å². The van der Waals surface area contributed by atoms with Crippen LogP contribution in [0.3, 0.4) is 0 Å². The molecule has 0 spiro atoms. The first kappa shape index (κ1) is 22.0. The minimum Gasteiger partial charge on any atom is -0.376 e. The zero-order valence-corrected chi connectivity index (χ0v) is 18.6. The van der Waals surface area contributed by atoms with Crippen LogP contribution in [0.1, 0.15) is 31.2 Å². The van der Waals surface area contributed by atoms with E-state index < -0.39 is 19.9 Å². The molecule has 2 aliphatic heterocycles. The quantitative estimate of drug-likeness (QED) is 0.709. The Morgan fingerprint density at radius 3 is 2.55 bits per heavy atom. The minimum absolute atomic E-state index is 0.00199. The number of anilines is 1. The van der Waals surface area contributed by atoms with Gasteiger partial charge in [-0.3, -0.25) is 4.79 Å². The normalized spacial score (nSPS) is 22.3. The number of nitrogens with one attached hydrogen (secondary N) is 1. The topological polar surface area (TPSA) is 104 Å². The Labute approximate surface area is 173 Å². The lowest BCUT2D eigenvalue weighted by Crippen LogP contribution is -2.41. The molecule has 0 aliphatic carbocycles. The number of sulfonamides is 1. The SMILES string of the molecule is Cc1ccc(NCC(=O)N(C)C2CCS(=O)(=O)C2)cc1S(=O)(=O)N1CCCCC1. The predicted molar refractivity (Wildman–Crippen MR) is 112 cm³/mol. The van der Waals surface area contributed by atoms with Gasteiger partial charge in [0.2, 0.25) is 15.9 Å². The first-order valence-electron chi connectivity index (χ1n) is 9.91. The fourth-order valence-corrected chi connectivity index (χ4v) is 7.36. The van der Waals surface area contributed by atoms with Crippen LogP contribution in [0.2, 0.25) is 0 Å². The van der Waals surface area contributed by atoms with Crippen molar-refractivity contribution in [1.82, 2.24) is 9.21 Å². The van der Waals surface area contributed by atoms with Gasteiger partial charge < -0.3 is 10.2 Å². The monoisotopic (exact) mass is 443 g/mol. The Hall–Kier alpha value is -1.65. The predicted octanol–water partition coefficient (Wildman–Crippen LogP) is 1.23. The Balaban J connectivity index is 1.67. The molecule has 0 saturated carbocycles. The molecule has 1 aromatic carbocycles. The Kier molecular flexibility index (Phi) is 6.54. The molecule has 0 bridgehead atoms. The lowest BCUT2D eigenvalue weighted by atomic mass is 10.2. The van der Waals surface area contributed by atoms with Gasteiger partial charge in [-0.2, -0.15) is 4.31 Å². The molecule has 1 N–H and O–H groups in total. The minimum atomic E-state index is -3.56. The summed E-state index contributed by atoms with van der Waals surface area (Å²) in [5, 5.41) is 2.99. The molecule has 1 atom stereocenters. The van der Waals surface area contributed by atoms with Crippen molar-refractivity contribution in [3.05, 3.63) is 23.8 Å². The number of likely N-dealkylation sites (N-methyl/N-ethyl adjacent to an activating group) is 1. The summed E-state index contributed by atoms with van der Waals surface area (Å²) in [5.41, 5.74) is 1.22. The van der Waals surface area contributed by atoms with Crippen LogP contribution in [0.25, 0.3) is 0 Å². The van der Waals surface area contributed by atoms with Gasteiger partial charge in [0.1, 0.15) is 0 Å². The Morgan fingerprint density at radius 1 is 1.24 bits per heavy atom. The molecule has 2 aliphatic rings. The highest BCUT2D eigenvalue weighted by Gasteiger charge is 2.32. The van der Waals surface area contributed by atoms with Gasteiger partial charge >= 0.3 is 0 Å². The second-order valence-electron chi connectivity index (χ2n) is 7.86. The summed E-state index contributed by atoms with van der Waals surface area (Å²) in [6.45, 7) is 2.80. The number of hydrogen-bond donors (Lipinski definition) is 1. The highest BCUT2D eigenvalue weighted by Crippen LogP contribution is 2.26. The van der Waals surface area contributed by atoms with Crippen LogP contribution in [0.4, 0.5) is 5.69 Å². The van der Waals surface area contributed by atoms with E-state index in [0.717, 1.165) is 19.3 Å². The van der Waals surface area contributed by atoms with E-state index >= 15 is 0 Å². The molecule has 2 heterocycles. The van der Waals surface area contributed by atoms with Gasteiger partial charge in [0.15, 0.2) is 9.84 Å². The van der Waals surface area contributed by atoms with Gasteiger partial charge in [-0.15, -0.1) is 0 Å². The fraction of sp³-hybridized carbons (Fsp3) is 0.632. The summed E-state index contributed by atoms with van der Waals surface area (Å²) < 4.78 is 50.8.